The van der Waals surface area contributed by atoms with Crippen LogP contribution in [0.3, 0.4) is 0 Å². The maximum atomic E-state index is 9.12. The lowest BCUT2D eigenvalue weighted by Crippen LogP contribution is -2.25. The lowest BCUT2D eigenvalue weighted by atomic mass is 10.3. The SMILES string of the molecule is OCCN(Cc1ccsc1)c1cncc(Br)c1. The van der Waals surface area contributed by atoms with Crippen LogP contribution in [0, 0.1) is 0 Å². The molecular weight excluding hydrogens is 300 g/mol. The van der Waals surface area contributed by atoms with E-state index in [2.05, 4.69) is 42.6 Å². The van der Waals surface area contributed by atoms with E-state index in [4.69, 9.17) is 5.11 Å². The van der Waals surface area contributed by atoms with Gasteiger partial charge in [0.25, 0.3) is 0 Å². The molecule has 1 N–H and O–H groups in total. The zero-order valence-electron chi connectivity index (χ0n) is 9.21. The summed E-state index contributed by atoms with van der Waals surface area (Å²) in [7, 11) is 0. The van der Waals surface area contributed by atoms with Crippen LogP contribution in [0.2, 0.25) is 0 Å². The van der Waals surface area contributed by atoms with Gasteiger partial charge in [-0.2, -0.15) is 11.3 Å². The molecule has 2 aromatic heterocycles. The molecule has 2 heterocycles. The number of pyridine rings is 1. The molecule has 0 aliphatic heterocycles. The van der Waals surface area contributed by atoms with E-state index < -0.39 is 0 Å². The molecule has 5 heteroatoms. The predicted molar refractivity (Wildman–Crippen MR) is 74.4 cm³/mol. The molecule has 0 amide bonds. The fourth-order valence-electron chi connectivity index (χ4n) is 1.60. The molecule has 0 radical (unpaired) electrons. The Kier molecular flexibility index (Phi) is 4.53. The molecule has 2 rings (SSSR count). The van der Waals surface area contributed by atoms with E-state index in [9.17, 15) is 0 Å². The van der Waals surface area contributed by atoms with Crippen LogP contribution in [0.4, 0.5) is 5.69 Å². The number of aliphatic hydroxyl groups is 1. The number of aliphatic hydroxyl groups excluding tert-OH is 1. The van der Waals surface area contributed by atoms with Crippen molar-refractivity contribution in [3.05, 3.63) is 45.3 Å². The Bertz CT molecular complexity index is 461. The lowest BCUT2D eigenvalue weighted by Gasteiger charge is -2.23. The maximum absolute atomic E-state index is 9.12. The Labute approximate surface area is 113 Å². The van der Waals surface area contributed by atoms with Crippen LogP contribution < -0.4 is 4.90 Å². The van der Waals surface area contributed by atoms with Crippen molar-refractivity contribution < 1.29 is 5.11 Å². The number of aromatic nitrogens is 1. The Morgan fingerprint density at radius 1 is 1.41 bits per heavy atom. The van der Waals surface area contributed by atoms with Crippen LogP contribution in [-0.4, -0.2) is 23.2 Å². The van der Waals surface area contributed by atoms with Crippen molar-refractivity contribution in [2.75, 3.05) is 18.1 Å². The summed E-state index contributed by atoms with van der Waals surface area (Å²) in [6.45, 7) is 1.53. The first kappa shape index (κ1) is 12.5. The first-order valence-corrected chi connectivity index (χ1v) is 7.00. The van der Waals surface area contributed by atoms with E-state index >= 15 is 0 Å². The van der Waals surface area contributed by atoms with Gasteiger partial charge in [-0.1, -0.05) is 0 Å². The van der Waals surface area contributed by atoms with Crippen LogP contribution in [0.25, 0.3) is 0 Å². The van der Waals surface area contributed by atoms with Gasteiger partial charge >= 0.3 is 0 Å². The van der Waals surface area contributed by atoms with Crippen molar-refractivity contribution in [3.63, 3.8) is 0 Å². The number of rotatable bonds is 5. The number of thiophene rings is 1. The monoisotopic (exact) mass is 312 g/mol. The molecule has 0 aromatic carbocycles. The van der Waals surface area contributed by atoms with Gasteiger partial charge in [-0.15, -0.1) is 0 Å². The van der Waals surface area contributed by atoms with Crippen molar-refractivity contribution in [1.29, 1.82) is 0 Å². The smallest absolute Gasteiger partial charge is 0.0606 e. The minimum Gasteiger partial charge on any atom is -0.395 e. The molecule has 3 nitrogen and oxygen atoms in total. The summed E-state index contributed by atoms with van der Waals surface area (Å²) in [6, 6.07) is 4.11. The highest BCUT2D eigenvalue weighted by atomic mass is 79.9. The van der Waals surface area contributed by atoms with Gasteiger partial charge in [0.15, 0.2) is 0 Å². The van der Waals surface area contributed by atoms with Gasteiger partial charge in [0.2, 0.25) is 0 Å². The van der Waals surface area contributed by atoms with E-state index in [0.29, 0.717) is 6.54 Å². The number of hydrogen-bond donors (Lipinski definition) is 1. The van der Waals surface area contributed by atoms with Crippen molar-refractivity contribution in [2.45, 2.75) is 6.54 Å². The van der Waals surface area contributed by atoms with Gasteiger partial charge in [-0.05, 0) is 44.4 Å². The van der Waals surface area contributed by atoms with Crippen LogP contribution in [0.15, 0.2) is 39.8 Å². The molecule has 0 fully saturated rings. The summed E-state index contributed by atoms with van der Waals surface area (Å²) in [6.07, 6.45) is 3.57. The van der Waals surface area contributed by atoms with Gasteiger partial charge in [-0.25, -0.2) is 0 Å². The highest BCUT2D eigenvalue weighted by Gasteiger charge is 2.08. The summed E-state index contributed by atoms with van der Waals surface area (Å²) in [5.41, 5.74) is 2.27. The van der Waals surface area contributed by atoms with Gasteiger partial charge < -0.3 is 10.0 Å². The molecule has 0 aliphatic rings. The third-order valence-electron chi connectivity index (χ3n) is 2.38. The van der Waals surface area contributed by atoms with Crippen LogP contribution >= 0.6 is 27.3 Å². The predicted octanol–water partition coefficient (Wildman–Crippen LogP) is 2.90. The van der Waals surface area contributed by atoms with E-state index in [1.54, 1.807) is 17.5 Å². The maximum Gasteiger partial charge on any atom is 0.0606 e. The normalized spacial score (nSPS) is 10.5. The average Bonchev–Trinajstić information content (AvgIpc) is 2.81. The van der Waals surface area contributed by atoms with Gasteiger partial charge in [0.1, 0.15) is 0 Å². The first-order valence-electron chi connectivity index (χ1n) is 5.27. The van der Waals surface area contributed by atoms with Crippen LogP contribution in [0.5, 0.6) is 0 Å². The van der Waals surface area contributed by atoms with Crippen LogP contribution in [0.1, 0.15) is 5.56 Å². The second-order valence-corrected chi connectivity index (χ2v) is 5.33. The van der Waals surface area contributed by atoms with Crippen molar-refractivity contribution in [3.8, 4) is 0 Å². The minimum atomic E-state index is 0.136. The molecule has 0 saturated heterocycles. The number of anilines is 1. The van der Waals surface area contributed by atoms with E-state index in [1.165, 1.54) is 5.56 Å². The van der Waals surface area contributed by atoms with Crippen LogP contribution in [-0.2, 0) is 6.54 Å². The molecule has 0 aliphatic carbocycles. The average molecular weight is 313 g/mol. The molecule has 0 spiro atoms. The van der Waals surface area contributed by atoms with Crippen molar-refractivity contribution >= 4 is 33.0 Å². The molecule has 17 heavy (non-hydrogen) atoms. The third-order valence-corrected chi connectivity index (χ3v) is 3.54. The number of halogens is 1. The van der Waals surface area contributed by atoms with Gasteiger partial charge in [0.05, 0.1) is 18.5 Å². The summed E-state index contributed by atoms with van der Waals surface area (Å²) in [5, 5.41) is 13.3. The lowest BCUT2D eigenvalue weighted by molar-refractivity contribution is 0.301. The summed E-state index contributed by atoms with van der Waals surface area (Å²) in [5.74, 6) is 0. The third kappa shape index (κ3) is 3.52. The summed E-state index contributed by atoms with van der Waals surface area (Å²) < 4.78 is 0.947. The Morgan fingerprint density at radius 2 is 2.29 bits per heavy atom. The number of hydrogen-bond acceptors (Lipinski definition) is 4. The Balaban J connectivity index is 2.16. The topological polar surface area (TPSA) is 36.4 Å². The van der Waals surface area contributed by atoms with Gasteiger partial charge in [-0.3, -0.25) is 4.98 Å². The second-order valence-electron chi connectivity index (χ2n) is 3.64. The summed E-state index contributed by atoms with van der Waals surface area (Å²) in [4.78, 5) is 6.26. The van der Waals surface area contributed by atoms with Crippen molar-refractivity contribution in [2.24, 2.45) is 0 Å². The highest BCUT2D eigenvalue weighted by Crippen LogP contribution is 2.20. The summed E-state index contributed by atoms with van der Waals surface area (Å²) >= 11 is 5.09. The largest absolute Gasteiger partial charge is 0.395 e. The molecule has 90 valence electrons. The van der Waals surface area contributed by atoms with E-state index in [-0.39, 0.29) is 6.61 Å². The minimum absolute atomic E-state index is 0.136. The fourth-order valence-corrected chi connectivity index (χ4v) is 2.61. The molecule has 0 saturated carbocycles. The van der Waals surface area contributed by atoms with E-state index in [0.717, 1.165) is 16.7 Å². The number of nitrogens with zero attached hydrogens (tertiary/aromatic N) is 2. The van der Waals surface area contributed by atoms with E-state index in [1.807, 2.05) is 12.3 Å². The second kappa shape index (κ2) is 6.14. The highest BCUT2D eigenvalue weighted by molar-refractivity contribution is 9.10. The Morgan fingerprint density at radius 3 is 2.94 bits per heavy atom. The zero-order chi connectivity index (χ0) is 12.1. The molecule has 0 bridgehead atoms. The molecule has 0 unspecified atom stereocenters. The standard InChI is InChI=1S/C12H13BrN2OS/c13-11-5-12(7-14-6-11)15(2-3-16)8-10-1-4-17-9-10/h1,4-7,9,16H,2-3,8H2. The quantitative estimate of drug-likeness (QED) is 0.922. The molecular formula is C12H13BrN2OS. The molecule has 0 atom stereocenters. The van der Waals surface area contributed by atoms with Gasteiger partial charge in [0, 0.05) is 23.8 Å². The molecule has 2 aromatic rings. The zero-order valence-corrected chi connectivity index (χ0v) is 11.6. The Hall–Kier alpha value is -0.910. The first-order chi connectivity index (χ1) is 8.29. The van der Waals surface area contributed by atoms with Crippen molar-refractivity contribution in [1.82, 2.24) is 4.98 Å². The fraction of sp³-hybridized carbons (Fsp3) is 0.250.